The fourth-order valence-corrected chi connectivity index (χ4v) is 20.7. The minimum absolute atomic E-state index is 0.854. The summed E-state index contributed by atoms with van der Waals surface area (Å²) >= 11 is 6.12. The maximum Gasteiger partial charge on any atom is 0.113 e. The van der Waals surface area contributed by atoms with Crippen molar-refractivity contribution in [1.29, 1.82) is 0 Å². The van der Waals surface area contributed by atoms with Gasteiger partial charge in [-0.2, -0.15) is 0 Å². The van der Waals surface area contributed by atoms with Crippen LogP contribution in [0.25, 0.3) is 55.3 Å². The molecule has 3 aliphatic rings. The number of hydrogen-bond acceptors (Lipinski definition) is 1. The lowest BCUT2D eigenvalue weighted by Crippen LogP contribution is -2.49. The monoisotopic (exact) mass is 879 g/mol. The predicted octanol–water partition coefficient (Wildman–Crippen LogP) is 12.7. The molecule has 0 fully saturated rings. The lowest BCUT2D eigenvalue weighted by molar-refractivity contribution is 1.29. The Morgan fingerprint density at radius 1 is 0.349 bits per heavy atom. The van der Waals surface area contributed by atoms with Crippen LogP contribution in [0.4, 0.5) is 17.1 Å². The lowest BCUT2D eigenvalue weighted by atomic mass is 9.97. The summed E-state index contributed by atoms with van der Waals surface area (Å²) < 4.78 is 0. The van der Waals surface area contributed by atoms with Crippen molar-refractivity contribution in [2.45, 2.75) is 39.3 Å². The van der Waals surface area contributed by atoms with Crippen LogP contribution in [-0.4, -0.2) is 24.2 Å². The van der Waals surface area contributed by atoms with Crippen molar-refractivity contribution in [3.8, 4) is 44.5 Å². The molecule has 9 aromatic carbocycles. The third-order valence-electron chi connectivity index (χ3n) is 14.4. The van der Waals surface area contributed by atoms with Gasteiger partial charge in [-0.25, -0.2) is 0 Å². The molecule has 1 nitrogen and oxygen atoms in total. The van der Waals surface area contributed by atoms with Gasteiger partial charge in [0.25, 0.3) is 0 Å². The van der Waals surface area contributed by atoms with Crippen molar-refractivity contribution in [3.05, 3.63) is 199 Å². The Morgan fingerprint density at radius 3 is 1.49 bits per heavy atom. The Hall–Kier alpha value is -6.02. The van der Waals surface area contributed by atoms with Crippen molar-refractivity contribution in [2.24, 2.45) is 0 Å². The maximum atomic E-state index is 6.12. The first-order valence-corrected chi connectivity index (χ1v) is 31.6. The fourth-order valence-electron chi connectivity index (χ4n) is 11.1. The largest absolute Gasteiger partial charge is 0.310 e. The first-order chi connectivity index (χ1) is 30.4. The molecular weight excluding hydrogens is 830 g/mol. The molecule has 0 saturated heterocycles. The average molecular weight is 881 g/mol. The van der Waals surface area contributed by atoms with Crippen molar-refractivity contribution >= 4 is 94.8 Å². The van der Waals surface area contributed by atoms with Crippen LogP contribution in [0, 0.1) is 0 Å². The van der Waals surface area contributed by atoms with E-state index < -0.39 is 24.2 Å². The minimum atomic E-state index is -1.86. The third kappa shape index (κ3) is 6.22. The van der Waals surface area contributed by atoms with E-state index in [-0.39, 0.29) is 0 Å². The molecule has 0 bridgehead atoms. The molecule has 63 heavy (non-hydrogen) atoms. The van der Waals surface area contributed by atoms with Crippen LogP contribution in [0.2, 0.25) is 44.3 Å². The molecule has 306 valence electrons. The zero-order chi connectivity index (χ0) is 43.3. The zero-order valence-corrected chi connectivity index (χ0v) is 40.6. The molecule has 12 rings (SSSR count). The van der Waals surface area contributed by atoms with Crippen molar-refractivity contribution < 1.29 is 0 Å². The molecule has 0 saturated carbocycles. The highest BCUT2D eigenvalue weighted by Crippen LogP contribution is 2.44. The molecule has 0 radical (unpaired) electrons. The molecule has 0 atom stereocenters. The number of nitrogens with zero attached hydrogens (tertiary/aromatic N) is 1. The Kier molecular flexibility index (Phi) is 9.34. The van der Waals surface area contributed by atoms with Gasteiger partial charge in [-0.05, 0) is 123 Å². The Balaban J connectivity index is 0.000000232. The standard InChI is InChI=1S/C44H37NSi2.C14H13ClSi/c1-46(2)41-21-10-8-17-38(41)44-39(19-12-22-42(44)46)45(33-27-28-37-36-16-7-9-20-40(36)47(3,4)43(37)29-33)32-25-23-31(24-26-32)35-18-11-14-30-13-5-6-15-34(30)35;1-16(2)13-6-4-3-5-11(13)12-8-7-10(15)9-14(12)16/h5-29H,1-4H3;3-9H,1-2H3. The van der Waals surface area contributed by atoms with Gasteiger partial charge in [0.2, 0.25) is 0 Å². The van der Waals surface area contributed by atoms with E-state index >= 15 is 0 Å². The summed E-state index contributed by atoms with van der Waals surface area (Å²) in [5.41, 5.74) is 14.6. The van der Waals surface area contributed by atoms with E-state index in [0.29, 0.717) is 0 Å². The van der Waals surface area contributed by atoms with Gasteiger partial charge in [-0.1, -0.05) is 203 Å². The highest BCUT2D eigenvalue weighted by Gasteiger charge is 2.41. The highest BCUT2D eigenvalue weighted by atomic mass is 35.5. The molecule has 3 aliphatic heterocycles. The van der Waals surface area contributed by atoms with Crippen LogP contribution >= 0.6 is 11.6 Å². The molecule has 5 heteroatoms. The summed E-state index contributed by atoms with van der Waals surface area (Å²) in [7, 11) is -5.20. The van der Waals surface area contributed by atoms with Gasteiger partial charge in [-0.15, -0.1) is 0 Å². The quantitative estimate of drug-likeness (QED) is 0.159. The number of rotatable bonds is 4. The van der Waals surface area contributed by atoms with Crippen LogP contribution in [0.1, 0.15) is 0 Å². The minimum Gasteiger partial charge on any atom is -0.310 e. The van der Waals surface area contributed by atoms with E-state index in [9.17, 15) is 0 Å². The van der Waals surface area contributed by atoms with E-state index in [1.54, 1.807) is 5.19 Å². The molecule has 0 amide bonds. The van der Waals surface area contributed by atoms with E-state index in [2.05, 4.69) is 232 Å². The second-order valence-electron chi connectivity index (χ2n) is 19.0. The zero-order valence-electron chi connectivity index (χ0n) is 36.8. The second-order valence-corrected chi connectivity index (χ2v) is 32.5. The van der Waals surface area contributed by atoms with Gasteiger partial charge in [0, 0.05) is 22.0 Å². The van der Waals surface area contributed by atoms with Crippen LogP contribution in [0.3, 0.4) is 0 Å². The van der Waals surface area contributed by atoms with E-state index in [1.165, 1.54) is 98.3 Å². The Labute approximate surface area is 380 Å². The summed E-state index contributed by atoms with van der Waals surface area (Å²) in [6.07, 6.45) is 0. The molecule has 0 N–H and O–H groups in total. The summed E-state index contributed by atoms with van der Waals surface area (Å²) in [4.78, 5) is 2.53. The highest BCUT2D eigenvalue weighted by molar-refractivity contribution is 7.05. The number of halogens is 1. The van der Waals surface area contributed by atoms with Crippen LogP contribution < -0.4 is 36.0 Å². The van der Waals surface area contributed by atoms with Gasteiger partial charge >= 0.3 is 0 Å². The van der Waals surface area contributed by atoms with Gasteiger partial charge in [-0.3, -0.25) is 0 Å². The molecule has 0 unspecified atom stereocenters. The van der Waals surface area contributed by atoms with Crippen LogP contribution in [0.15, 0.2) is 194 Å². The lowest BCUT2D eigenvalue weighted by Gasteiger charge is -2.30. The predicted molar refractivity (Wildman–Crippen MR) is 282 cm³/mol. The van der Waals surface area contributed by atoms with E-state index in [1.807, 2.05) is 6.07 Å². The molecule has 9 aromatic rings. The van der Waals surface area contributed by atoms with E-state index in [0.717, 1.165) is 5.02 Å². The normalized spacial score (nSPS) is 15.0. The molecule has 0 aromatic heterocycles. The molecule has 0 spiro atoms. The summed E-state index contributed by atoms with van der Waals surface area (Å²) in [6, 6.07) is 72.1. The van der Waals surface area contributed by atoms with Gasteiger partial charge in [0.05, 0.1) is 5.69 Å². The van der Waals surface area contributed by atoms with Gasteiger partial charge in [0.15, 0.2) is 0 Å². The Bertz CT molecular complexity index is 3290. The number of fused-ring (bicyclic) bond motifs is 10. The first kappa shape index (κ1) is 39.8. The number of benzene rings is 9. The maximum absolute atomic E-state index is 6.12. The summed E-state index contributed by atoms with van der Waals surface area (Å²) in [6.45, 7) is 14.8. The fraction of sp³-hybridized carbons (Fsp3) is 0.103. The van der Waals surface area contributed by atoms with E-state index in [4.69, 9.17) is 11.6 Å². The molecule has 3 heterocycles. The van der Waals surface area contributed by atoms with Crippen LogP contribution in [0.5, 0.6) is 0 Å². The smallest absolute Gasteiger partial charge is 0.113 e. The van der Waals surface area contributed by atoms with Crippen molar-refractivity contribution in [2.75, 3.05) is 4.90 Å². The summed E-state index contributed by atoms with van der Waals surface area (Å²) in [5, 5.41) is 12.5. The van der Waals surface area contributed by atoms with Crippen molar-refractivity contribution in [1.82, 2.24) is 0 Å². The first-order valence-electron chi connectivity index (χ1n) is 22.2. The average Bonchev–Trinajstić information content (AvgIpc) is 3.79. The second kappa shape index (κ2) is 14.8. The SMILES string of the molecule is C[Si]1(C)c2ccccc2-c2ccc(Cl)cc21.C[Si]1(C)c2ccccc2-c2ccc(N(c3ccc(-c4cccc5ccccc45)cc3)c3cccc4c3-c3ccccc3[Si]4(C)C)cc21. The topological polar surface area (TPSA) is 3.24 Å². The number of anilines is 3. The number of hydrogen-bond donors (Lipinski definition) is 0. The molecular formula is C58H50ClNSi3. The molecule has 0 aliphatic carbocycles. The summed E-state index contributed by atoms with van der Waals surface area (Å²) in [5.74, 6) is 0. The van der Waals surface area contributed by atoms with Gasteiger partial charge < -0.3 is 4.90 Å². The third-order valence-corrected chi connectivity index (χ3v) is 25.3. The van der Waals surface area contributed by atoms with Crippen LogP contribution in [-0.2, 0) is 0 Å². The Morgan fingerprint density at radius 2 is 0.810 bits per heavy atom. The van der Waals surface area contributed by atoms with Crippen molar-refractivity contribution in [3.63, 3.8) is 0 Å². The van der Waals surface area contributed by atoms with Gasteiger partial charge in [0.1, 0.15) is 24.2 Å².